The van der Waals surface area contributed by atoms with Crippen molar-refractivity contribution in [3.05, 3.63) is 35.4 Å². The molecular formula is C15H18N2O2. The number of nitrogens with one attached hydrogen (secondary N) is 1. The highest BCUT2D eigenvalue weighted by Gasteiger charge is 2.37. The highest BCUT2D eigenvalue weighted by atomic mass is 16.2. The van der Waals surface area contributed by atoms with Crippen molar-refractivity contribution in [2.24, 2.45) is 0 Å². The Bertz CT molecular complexity index is 527. The smallest absolute Gasteiger partial charge is 0.246 e. The number of hydrogen-bond donors (Lipinski definition) is 1. The Hall–Kier alpha value is -1.68. The number of imide groups is 1. The van der Waals surface area contributed by atoms with Gasteiger partial charge in [0.1, 0.15) is 0 Å². The third-order valence-electron chi connectivity index (χ3n) is 4.15. The van der Waals surface area contributed by atoms with Crippen LogP contribution in [0.2, 0.25) is 0 Å². The summed E-state index contributed by atoms with van der Waals surface area (Å²) >= 11 is 0. The molecule has 100 valence electrons. The van der Waals surface area contributed by atoms with Gasteiger partial charge in [-0.2, -0.15) is 0 Å². The predicted octanol–water partition coefficient (Wildman–Crippen LogP) is 1.41. The lowest BCUT2D eigenvalue weighted by molar-refractivity contribution is -0.137. The van der Waals surface area contributed by atoms with Gasteiger partial charge in [-0.3, -0.25) is 19.8 Å². The number of fused-ring (bicyclic) bond motifs is 1. The molecule has 1 fully saturated rings. The molecule has 2 atom stereocenters. The van der Waals surface area contributed by atoms with E-state index >= 15 is 0 Å². The largest absolute Gasteiger partial charge is 0.298 e. The number of likely N-dealkylation sites (tertiary alicyclic amines) is 1. The number of hydrogen-bond acceptors (Lipinski definition) is 3. The molecule has 1 aliphatic carbocycles. The van der Waals surface area contributed by atoms with Crippen LogP contribution in [0.15, 0.2) is 24.3 Å². The highest BCUT2D eigenvalue weighted by Crippen LogP contribution is 2.30. The van der Waals surface area contributed by atoms with Crippen molar-refractivity contribution < 1.29 is 9.59 Å². The second kappa shape index (κ2) is 4.78. The minimum Gasteiger partial charge on any atom is -0.298 e. The molecular weight excluding hydrogens is 240 g/mol. The average molecular weight is 258 g/mol. The van der Waals surface area contributed by atoms with Crippen molar-refractivity contribution in [1.82, 2.24) is 10.2 Å². The van der Waals surface area contributed by atoms with Crippen LogP contribution in [-0.4, -0.2) is 29.8 Å². The first-order valence-corrected chi connectivity index (χ1v) is 6.81. The van der Waals surface area contributed by atoms with Crippen molar-refractivity contribution in [3.63, 3.8) is 0 Å². The first-order chi connectivity index (χ1) is 9.16. The molecule has 4 nitrogen and oxygen atoms in total. The number of benzene rings is 1. The number of aryl methyl sites for hydroxylation is 1. The fraction of sp³-hybridized carbons (Fsp3) is 0.467. The molecule has 1 saturated heterocycles. The van der Waals surface area contributed by atoms with E-state index in [4.69, 9.17) is 0 Å². The summed E-state index contributed by atoms with van der Waals surface area (Å²) in [5.74, 6) is -0.195. The monoisotopic (exact) mass is 258 g/mol. The van der Waals surface area contributed by atoms with Gasteiger partial charge in [0.2, 0.25) is 11.8 Å². The van der Waals surface area contributed by atoms with Crippen LogP contribution in [0.5, 0.6) is 0 Å². The molecule has 1 aliphatic heterocycles. The summed E-state index contributed by atoms with van der Waals surface area (Å²) in [5.41, 5.74) is 2.64. The van der Waals surface area contributed by atoms with Crippen molar-refractivity contribution in [2.45, 2.75) is 37.8 Å². The van der Waals surface area contributed by atoms with Gasteiger partial charge in [0.15, 0.2) is 0 Å². The zero-order chi connectivity index (χ0) is 13.4. The lowest BCUT2D eigenvalue weighted by atomic mass is 9.87. The van der Waals surface area contributed by atoms with Gasteiger partial charge in [0.25, 0.3) is 0 Å². The molecule has 4 heteroatoms. The third kappa shape index (κ3) is 2.16. The maximum Gasteiger partial charge on any atom is 0.246 e. The summed E-state index contributed by atoms with van der Waals surface area (Å²) in [6.45, 7) is 0. The lowest BCUT2D eigenvalue weighted by Gasteiger charge is -2.28. The number of rotatable bonds is 2. The molecule has 0 radical (unpaired) electrons. The quantitative estimate of drug-likeness (QED) is 0.816. The summed E-state index contributed by atoms with van der Waals surface area (Å²) < 4.78 is 0. The summed E-state index contributed by atoms with van der Waals surface area (Å²) in [5, 5.41) is 3.37. The van der Waals surface area contributed by atoms with E-state index in [1.807, 2.05) is 6.07 Å². The number of carbonyl (C=O) groups is 2. The molecule has 0 saturated carbocycles. The van der Waals surface area contributed by atoms with Gasteiger partial charge in [-0.25, -0.2) is 0 Å². The number of carbonyl (C=O) groups excluding carboxylic acids is 2. The topological polar surface area (TPSA) is 49.4 Å². The molecule has 0 aromatic heterocycles. The Morgan fingerprint density at radius 1 is 1.21 bits per heavy atom. The van der Waals surface area contributed by atoms with Crippen LogP contribution >= 0.6 is 0 Å². The highest BCUT2D eigenvalue weighted by molar-refractivity contribution is 6.05. The van der Waals surface area contributed by atoms with E-state index in [1.54, 1.807) is 7.05 Å². The van der Waals surface area contributed by atoms with E-state index in [0.717, 1.165) is 19.3 Å². The molecule has 1 aromatic rings. The summed E-state index contributed by atoms with van der Waals surface area (Å²) in [4.78, 5) is 24.7. The Morgan fingerprint density at radius 2 is 2.00 bits per heavy atom. The van der Waals surface area contributed by atoms with Crippen LogP contribution in [0.1, 0.15) is 36.4 Å². The third-order valence-corrected chi connectivity index (χ3v) is 4.15. The second-order valence-corrected chi connectivity index (χ2v) is 5.36. The minimum absolute atomic E-state index is 0.0911. The van der Waals surface area contributed by atoms with Gasteiger partial charge in [-0.1, -0.05) is 24.3 Å². The van der Waals surface area contributed by atoms with Gasteiger partial charge in [-0.15, -0.1) is 0 Å². The van der Waals surface area contributed by atoms with E-state index in [2.05, 4.69) is 23.5 Å². The molecule has 1 heterocycles. The normalized spacial score (nSPS) is 26.7. The first kappa shape index (κ1) is 12.4. The zero-order valence-corrected chi connectivity index (χ0v) is 11.1. The maximum absolute atomic E-state index is 11.9. The Labute approximate surface area is 112 Å². The van der Waals surface area contributed by atoms with E-state index in [1.165, 1.54) is 16.0 Å². The van der Waals surface area contributed by atoms with Crippen LogP contribution in [0.3, 0.4) is 0 Å². The molecule has 2 aliphatic rings. The minimum atomic E-state index is -0.353. The SMILES string of the molecule is CN1C(=O)CC(NC2CCCc3ccccc32)C1=O. The van der Waals surface area contributed by atoms with E-state index in [9.17, 15) is 9.59 Å². The molecule has 0 bridgehead atoms. The fourth-order valence-electron chi connectivity index (χ4n) is 3.06. The van der Waals surface area contributed by atoms with Crippen molar-refractivity contribution in [1.29, 1.82) is 0 Å². The molecule has 2 amide bonds. The van der Waals surface area contributed by atoms with Crippen LogP contribution in [0, 0.1) is 0 Å². The first-order valence-electron chi connectivity index (χ1n) is 6.81. The fourth-order valence-corrected chi connectivity index (χ4v) is 3.06. The Morgan fingerprint density at radius 3 is 2.74 bits per heavy atom. The molecule has 1 N–H and O–H groups in total. The van der Waals surface area contributed by atoms with E-state index < -0.39 is 0 Å². The Kier molecular flexibility index (Phi) is 3.11. The van der Waals surface area contributed by atoms with Crippen LogP contribution in [-0.2, 0) is 16.0 Å². The molecule has 3 rings (SSSR count). The van der Waals surface area contributed by atoms with Crippen molar-refractivity contribution >= 4 is 11.8 Å². The average Bonchev–Trinajstić information content (AvgIpc) is 2.67. The predicted molar refractivity (Wildman–Crippen MR) is 71.4 cm³/mol. The zero-order valence-electron chi connectivity index (χ0n) is 11.1. The summed E-state index contributed by atoms with van der Waals surface area (Å²) in [7, 11) is 1.56. The molecule has 1 aromatic carbocycles. The summed E-state index contributed by atoms with van der Waals surface area (Å²) in [6.07, 6.45) is 3.54. The summed E-state index contributed by atoms with van der Waals surface area (Å²) in [6, 6.07) is 8.20. The molecule has 2 unspecified atom stereocenters. The van der Waals surface area contributed by atoms with Crippen molar-refractivity contribution in [2.75, 3.05) is 7.05 Å². The Balaban J connectivity index is 1.79. The second-order valence-electron chi connectivity index (χ2n) is 5.36. The van der Waals surface area contributed by atoms with Gasteiger partial charge in [0, 0.05) is 13.1 Å². The number of nitrogens with zero attached hydrogens (tertiary/aromatic N) is 1. The van der Waals surface area contributed by atoms with E-state index in [0.29, 0.717) is 0 Å². The van der Waals surface area contributed by atoms with E-state index in [-0.39, 0.29) is 30.3 Å². The number of likely N-dealkylation sites (N-methyl/N-ethyl adjacent to an activating group) is 1. The van der Waals surface area contributed by atoms with Crippen molar-refractivity contribution in [3.8, 4) is 0 Å². The molecule has 19 heavy (non-hydrogen) atoms. The lowest BCUT2D eigenvalue weighted by Crippen LogP contribution is -2.40. The van der Waals surface area contributed by atoms with Crippen LogP contribution < -0.4 is 5.32 Å². The molecule has 0 spiro atoms. The van der Waals surface area contributed by atoms with Gasteiger partial charge in [0.05, 0.1) is 12.5 Å². The van der Waals surface area contributed by atoms with Crippen LogP contribution in [0.4, 0.5) is 0 Å². The number of amides is 2. The standard InChI is InChI=1S/C15H18N2O2/c1-17-14(18)9-13(15(17)19)16-12-8-4-6-10-5-2-3-7-11(10)12/h2-3,5,7,12-13,16H,4,6,8-9H2,1H3. The van der Waals surface area contributed by atoms with Gasteiger partial charge >= 0.3 is 0 Å². The van der Waals surface area contributed by atoms with Gasteiger partial charge in [-0.05, 0) is 30.4 Å². The maximum atomic E-state index is 11.9. The van der Waals surface area contributed by atoms with Gasteiger partial charge < -0.3 is 0 Å². The van der Waals surface area contributed by atoms with Crippen LogP contribution in [0.25, 0.3) is 0 Å².